The molecule has 0 atom stereocenters. The summed E-state index contributed by atoms with van der Waals surface area (Å²) in [6.45, 7) is 0. The molecule has 29 heavy (non-hydrogen) atoms. The average molecular weight is 404 g/mol. The van der Waals surface area contributed by atoms with Crippen molar-refractivity contribution in [3.05, 3.63) is 83.9 Å². The van der Waals surface area contributed by atoms with E-state index < -0.39 is 17.9 Å². The standard InChI is InChI=1S/C9H6F3N3.C9H6FN3O/c10-6-1-3-7(4-2-6)15-5-8(9(11)12)13-14-15;10-7-1-3-9(4-2-7)13-5-8(6-14)11-12-13/h1-5,9H;1-6H. The Hall–Kier alpha value is -3.89. The van der Waals surface area contributed by atoms with Crippen LogP contribution >= 0.6 is 0 Å². The molecule has 0 aliphatic heterocycles. The molecule has 2 aromatic heterocycles. The van der Waals surface area contributed by atoms with Gasteiger partial charge < -0.3 is 0 Å². The molecule has 0 saturated carbocycles. The number of carbonyl (C=O) groups is 1. The van der Waals surface area contributed by atoms with Crippen molar-refractivity contribution in [1.29, 1.82) is 0 Å². The Morgan fingerprint density at radius 3 is 1.66 bits per heavy atom. The largest absolute Gasteiger partial charge is 0.296 e. The molecule has 4 rings (SSSR count). The summed E-state index contributed by atoms with van der Waals surface area (Å²) in [4.78, 5) is 10.3. The monoisotopic (exact) mass is 404 g/mol. The van der Waals surface area contributed by atoms with Crippen LogP contribution in [0.3, 0.4) is 0 Å². The molecular weight excluding hydrogens is 392 g/mol. The molecule has 0 aliphatic rings. The Balaban J connectivity index is 0.000000166. The predicted octanol–water partition coefficient (Wildman–Crippen LogP) is 3.56. The van der Waals surface area contributed by atoms with Crippen molar-refractivity contribution >= 4 is 6.29 Å². The number of benzene rings is 2. The zero-order valence-electron chi connectivity index (χ0n) is 14.5. The van der Waals surface area contributed by atoms with Gasteiger partial charge in [0.2, 0.25) is 0 Å². The Labute approximate surface area is 161 Å². The Bertz CT molecular complexity index is 1080. The van der Waals surface area contributed by atoms with E-state index in [1.807, 2.05) is 0 Å². The molecular formula is C18H12F4N6O. The molecule has 0 aliphatic carbocycles. The highest BCUT2D eigenvalue weighted by molar-refractivity contribution is 5.70. The molecule has 0 unspecified atom stereocenters. The van der Waals surface area contributed by atoms with E-state index in [1.165, 1.54) is 52.0 Å². The minimum absolute atomic E-state index is 0.245. The maximum absolute atomic E-state index is 12.6. The number of alkyl halides is 2. The maximum Gasteiger partial charge on any atom is 0.283 e. The summed E-state index contributed by atoms with van der Waals surface area (Å²) in [6.07, 6.45) is 0.532. The molecule has 2 heterocycles. The topological polar surface area (TPSA) is 78.5 Å². The van der Waals surface area contributed by atoms with Gasteiger partial charge in [0.05, 0.1) is 23.8 Å². The minimum Gasteiger partial charge on any atom is -0.296 e. The fourth-order valence-electron chi connectivity index (χ4n) is 2.15. The number of nitrogens with zero attached hydrogens (tertiary/aromatic N) is 6. The van der Waals surface area contributed by atoms with Crippen molar-refractivity contribution in [3.8, 4) is 11.4 Å². The zero-order valence-corrected chi connectivity index (χ0v) is 14.5. The molecule has 0 saturated heterocycles. The van der Waals surface area contributed by atoms with E-state index in [0.717, 1.165) is 6.20 Å². The van der Waals surface area contributed by atoms with Gasteiger partial charge in [0.25, 0.3) is 6.43 Å². The molecule has 0 fully saturated rings. The minimum atomic E-state index is -2.65. The van der Waals surface area contributed by atoms with E-state index in [9.17, 15) is 22.4 Å². The lowest BCUT2D eigenvalue weighted by molar-refractivity contribution is 0.111. The normalized spacial score (nSPS) is 10.5. The van der Waals surface area contributed by atoms with Crippen LogP contribution in [-0.2, 0) is 0 Å². The van der Waals surface area contributed by atoms with Gasteiger partial charge in [-0.3, -0.25) is 4.79 Å². The molecule has 0 amide bonds. The highest BCUT2D eigenvalue weighted by Gasteiger charge is 2.12. The number of rotatable bonds is 4. The van der Waals surface area contributed by atoms with E-state index in [2.05, 4.69) is 20.6 Å². The van der Waals surface area contributed by atoms with Gasteiger partial charge in [0.1, 0.15) is 23.0 Å². The molecule has 148 valence electrons. The lowest BCUT2D eigenvalue weighted by Gasteiger charge is -1.98. The summed E-state index contributed by atoms with van der Waals surface area (Å²) in [5.41, 5.74) is 0.983. The third-order valence-electron chi connectivity index (χ3n) is 3.55. The highest BCUT2D eigenvalue weighted by atomic mass is 19.3. The van der Waals surface area contributed by atoms with Crippen LogP contribution < -0.4 is 0 Å². The number of halogens is 4. The summed E-state index contributed by atoms with van der Waals surface area (Å²) < 4.78 is 52.1. The van der Waals surface area contributed by atoms with Crippen molar-refractivity contribution in [2.75, 3.05) is 0 Å². The van der Waals surface area contributed by atoms with E-state index in [1.54, 1.807) is 12.1 Å². The predicted molar refractivity (Wildman–Crippen MR) is 93.0 cm³/mol. The Morgan fingerprint density at radius 2 is 1.24 bits per heavy atom. The number of carbonyl (C=O) groups excluding carboxylic acids is 1. The highest BCUT2D eigenvalue weighted by Crippen LogP contribution is 2.16. The Kier molecular flexibility index (Phi) is 6.07. The first-order valence-electron chi connectivity index (χ1n) is 8.06. The van der Waals surface area contributed by atoms with Crippen molar-refractivity contribution in [2.45, 2.75) is 6.43 Å². The summed E-state index contributed by atoms with van der Waals surface area (Å²) in [5, 5.41) is 14.1. The summed E-state index contributed by atoms with van der Waals surface area (Å²) in [6, 6.07) is 11.0. The molecule has 0 spiro atoms. The van der Waals surface area contributed by atoms with Gasteiger partial charge in [-0.15, -0.1) is 10.2 Å². The first kappa shape index (κ1) is 19.9. The van der Waals surface area contributed by atoms with Crippen LogP contribution in [0.25, 0.3) is 11.4 Å². The second kappa shape index (κ2) is 8.87. The third kappa shape index (κ3) is 5.09. The van der Waals surface area contributed by atoms with E-state index in [4.69, 9.17) is 0 Å². The van der Waals surface area contributed by atoms with Crippen LogP contribution in [0.5, 0.6) is 0 Å². The fourth-order valence-corrected chi connectivity index (χ4v) is 2.15. The van der Waals surface area contributed by atoms with E-state index in [-0.39, 0.29) is 11.5 Å². The average Bonchev–Trinajstić information content (AvgIpc) is 3.40. The zero-order chi connectivity index (χ0) is 20.8. The lowest BCUT2D eigenvalue weighted by Crippen LogP contribution is -1.94. The first-order chi connectivity index (χ1) is 14.0. The van der Waals surface area contributed by atoms with Gasteiger partial charge >= 0.3 is 0 Å². The first-order valence-corrected chi connectivity index (χ1v) is 8.06. The fraction of sp³-hybridized carbons (Fsp3) is 0.0556. The number of aldehydes is 1. The summed E-state index contributed by atoms with van der Waals surface area (Å²) >= 11 is 0. The second-order valence-electron chi connectivity index (χ2n) is 5.55. The molecule has 0 N–H and O–H groups in total. The second-order valence-corrected chi connectivity index (χ2v) is 5.55. The number of hydrogen-bond donors (Lipinski definition) is 0. The van der Waals surface area contributed by atoms with Gasteiger partial charge in [-0.2, -0.15) is 0 Å². The van der Waals surface area contributed by atoms with Gasteiger partial charge in [0.15, 0.2) is 6.29 Å². The van der Waals surface area contributed by atoms with Crippen LogP contribution in [0.1, 0.15) is 22.6 Å². The van der Waals surface area contributed by atoms with Crippen LogP contribution in [0.15, 0.2) is 60.9 Å². The van der Waals surface area contributed by atoms with Crippen LogP contribution in [0, 0.1) is 11.6 Å². The van der Waals surface area contributed by atoms with Crippen molar-refractivity contribution in [2.24, 2.45) is 0 Å². The smallest absolute Gasteiger partial charge is 0.283 e. The van der Waals surface area contributed by atoms with Crippen molar-refractivity contribution in [3.63, 3.8) is 0 Å². The molecule has 4 aromatic rings. The van der Waals surface area contributed by atoms with Crippen molar-refractivity contribution in [1.82, 2.24) is 30.0 Å². The quantitative estimate of drug-likeness (QED) is 0.384. The van der Waals surface area contributed by atoms with Gasteiger partial charge in [-0.05, 0) is 48.5 Å². The number of aromatic nitrogens is 6. The number of hydrogen-bond acceptors (Lipinski definition) is 5. The van der Waals surface area contributed by atoms with Gasteiger partial charge in [0, 0.05) is 0 Å². The van der Waals surface area contributed by atoms with Gasteiger partial charge in [-0.25, -0.2) is 26.9 Å². The molecule has 11 heteroatoms. The van der Waals surface area contributed by atoms with E-state index in [0.29, 0.717) is 17.7 Å². The molecule has 7 nitrogen and oxygen atoms in total. The maximum atomic E-state index is 12.6. The third-order valence-corrected chi connectivity index (χ3v) is 3.55. The molecule has 0 bridgehead atoms. The van der Waals surface area contributed by atoms with Crippen LogP contribution in [0.2, 0.25) is 0 Å². The molecule has 2 aromatic carbocycles. The molecule has 0 radical (unpaired) electrons. The summed E-state index contributed by atoms with van der Waals surface area (Å²) in [7, 11) is 0. The SMILES string of the molecule is Fc1ccc(-n2cc(C(F)F)nn2)cc1.O=Cc1cn(-c2ccc(F)cc2)nn1. The summed E-state index contributed by atoms with van der Waals surface area (Å²) in [5.74, 6) is -0.711. The Morgan fingerprint density at radius 1 is 0.759 bits per heavy atom. The van der Waals surface area contributed by atoms with E-state index >= 15 is 0 Å². The van der Waals surface area contributed by atoms with Crippen LogP contribution in [-0.4, -0.2) is 36.3 Å². The lowest BCUT2D eigenvalue weighted by atomic mass is 10.3. The van der Waals surface area contributed by atoms with Crippen LogP contribution in [0.4, 0.5) is 17.6 Å². The van der Waals surface area contributed by atoms with Gasteiger partial charge in [-0.1, -0.05) is 10.4 Å². The van der Waals surface area contributed by atoms with Crippen molar-refractivity contribution < 1.29 is 22.4 Å².